The van der Waals surface area contributed by atoms with Crippen LogP contribution >= 0.6 is 11.8 Å². The number of amides is 3. The van der Waals surface area contributed by atoms with Crippen molar-refractivity contribution < 1.29 is 23.5 Å². The van der Waals surface area contributed by atoms with E-state index in [1.807, 2.05) is 0 Å². The zero-order valence-corrected chi connectivity index (χ0v) is 15.4. The summed E-state index contributed by atoms with van der Waals surface area (Å²) in [7, 11) is 0. The summed E-state index contributed by atoms with van der Waals surface area (Å²) in [6, 6.07) is 7.65. The molecule has 1 aromatic carbocycles. The van der Waals surface area contributed by atoms with Gasteiger partial charge in [-0.1, -0.05) is 17.8 Å². The smallest absolute Gasteiger partial charge is 0.288 e. The first kappa shape index (κ1) is 19.6. The maximum absolute atomic E-state index is 14.2. The van der Waals surface area contributed by atoms with Gasteiger partial charge in [0.25, 0.3) is 5.24 Å². The van der Waals surface area contributed by atoms with Crippen molar-refractivity contribution in [2.45, 2.75) is 0 Å². The lowest BCUT2D eigenvalue weighted by atomic mass is 10.2. The molecule has 0 saturated carbocycles. The summed E-state index contributed by atoms with van der Waals surface area (Å²) in [4.78, 5) is 39.7. The van der Waals surface area contributed by atoms with Crippen LogP contribution in [0.25, 0.3) is 6.08 Å². The van der Waals surface area contributed by atoms with Crippen molar-refractivity contribution in [3.05, 3.63) is 60.2 Å². The lowest BCUT2D eigenvalue weighted by molar-refractivity contribution is -0.125. The Hall–Kier alpha value is -3.20. The minimum Gasteiger partial charge on any atom is -0.453 e. The molecule has 2 heterocycles. The average molecular weight is 401 g/mol. The number of carbonyl (C=O) groups excluding carboxylic acids is 3. The Kier molecular flexibility index (Phi) is 6.38. The van der Waals surface area contributed by atoms with Crippen LogP contribution in [0.15, 0.2) is 48.8 Å². The number of aromatic nitrogens is 1. The van der Waals surface area contributed by atoms with E-state index in [1.54, 1.807) is 24.4 Å². The third kappa shape index (κ3) is 5.17. The van der Waals surface area contributed by atoms with E-state index in [0.29, 0.717) is 11.3 Å². The standard InChI is InChI=1S/C19H16FN3O4S/c20-15-10-13(3-5-16(15)27-14-2-1-7-21-11-14)4-6-17(24)22-8-9-23-18(25)12-28-19(23)26/h1-7,10-11H,8-9,12H2,(H,22,24)/b6-4+. The fourth-order valence-corrected chi connectivity index (χ4v) is 3.11. The van der Waals surface area contributed by atoms with Crippen molar-refractivity contribution in [1.82, 2.24) is 15.2 Å². The lowest BCUT2D eigenvalue weighted by Gasteiger charge is -2.12. The van der Waals surface area contributed by atoms with E-state index >= 15 is 0 Å². The van der Waals surface area contributed by atoms with Crippen LogP contribution in [0.5, 0.6) is 11.5 Å². The molecule has 0 spiro atoms. The Morgan fingerprint density at radius 3 is 2.89 bits per heavy atom. The summed E-state index contributed by atoms with van der Waals surface area (Å²) in [5, 5.41) is 2.27. The maximum Gasteiger partial charge on any atom is 0.288 e. The second-order valence-electron chi connectivity index (χ2n) is 5.70. The van der Waals surface area contributed by atoms with Crippen molar-refractivity contribution >= 4 is 34.9 Å². The van der Waals surface area contributed by atoms with E-state index in [-0.39, 0.29) is 35.7 Å². The number of nitrogens with one attached hydrogen (secondary N) is 1. The van der Waals surface area contributed by atoms with Gasteiger partial charge in [-0.25, -0.2) is 4.39 Å². The Morgan fingerprint density at radius 2 is 2.21 bits per heavy atom. The Morgan fingerprint density at radius 1 is 1.36 bits per heavy atom. The first-order valence-electron chi connectivity index (χ1n) is 8.33. The van der Waals surface area contributed by atoms with E-state index in [0.717, 1.165) is 16.7 Å². The van der Waals surface area contributed by atoms with Gasteiger partial charge in [0, 0.05) is 25.4 Å². The molecule has 1 aromatic heterocycles. The van der Waals surface area contributed by atoms with Crippen molar-refractivity contribution in [3.8, 4) is 11.5 Å². The predicted octanol–water partition coefficient (Wildman–Crippen LogP) is 2.84. The molecular weight excluding hydrogens is 385 g/mol. The molecule has 1 aliphatic heterocycles. The number of carbonyl (C=O) groups is 3. The van der Waals surface area contributed by atoms with Gasteiger partial charge in [-0.15, -0.1) is 0 Å². The van der Waals surface area contributed by atoms with Gasteiger partial charge in [-0.05, 0) is 35.9 Å². The van der Waals surface area contributed by atoms with Crippen LogP contribution in [-0.2, 0) is 9.59 Å². The van der Waals surface area contributed by atoms with Gasteiger partial charge in [-0.3, -0.25) is 24.3 Å². The van der Waals surface area contributed by atoms with Crippen molar-refractivity contribution in [3.63, 3.8) is 0 Å². The zero-order valence-electron chi connectivity index (χ0n) is 14.6. The third-order valence-corrected chi connectivity index (χ3v) is 4.58. The Balaban J connectivity index is 1.50. The normalized spacial score (nSPS) is 14.0. The second-order valence-corrected chi connectivity index (χ2v) is 6.63. The zero-order chi connectivity index (χ0) is 19.9. The molecule has 1 fully saturated rings. The minimum atomic E-state index is -0.574. The van der Waals surface area contributed by atoms with Gasteiger partial charge < -0.3 is 10.1 Å². The van der Waals surface area contributed by atoms with Crippen molar-refractivity contribution in [2.24, 2.45) is 0 Å². The molecule has 9 heteroatoms. The average Bonchev–Trinajstić information content (AvgIpc) is 3.01. The number of nitrogens with zero attached hydrogens (tertiary/aromatic N) is 2. The molecule has 1 N–H and O–H groups in total. The van der Waals surface area contributed by atoms with Gasteiger partial charge in [0.2, 0.25) is 11.8 Å². The third-order valence-electron chi connectivity index (χ3n) is 3.72. The number of thioether (sulfide) groups is 1. The molecule has 7 nitrogen and oxygen atoms in total. The monoisotopic (exact) mass is 401 g/mol. The highest BCUT2D eigenvalue weighted by molar-refractivity contribution is 8.14. The number of hydrogen-bond donors (Lipinski definition) is 1. The largest absolute Gasteiger partial charge is 0.453 e. The lowest BCUT2D eigenvalue weighted by Crippen LogP contribution is -2.37. The topological polar surface area (TPSA) is 88.6 Å². The molecule has 1 saturated heterocycles. The first-order chi connectivity index (χ1) is 13.5. The summed E-state index contributed by atoms with van der Waals surface area (Å²) in [5.41, 5.74) is 0.479. The molecule has 0 unspecified atom stereocenters. The van der Waals surface area contributed by atoms with Crippen LogP contribution in [0.2, 0.25) is 0 Å². The summed E-state index contributed by atoms with van der Waals surface area (Å²) < 4.78 is 19.6. The molecule has 0 aliphatic carbocycles. The molecule has 2 aromatic rings. The number of imide groups is 1. The molecule has 28 heavy (non-hydrogen) atoms. The molecule has 0 bridgehead atoms. The molecule has 3 rings (SSSR count). The van der Waals surface area contributed by atoms with E-state index in [2.05, 4.69) is 10.3 Å². The SMILES string of the molecule is O=C(/C=C/c1ccc(Oc2cccnc2)c(F)c1)NCCN1C(=O)CSC1=O. The van der Waals surface area contributed by atoms with Gasteiger partial charge in [0.05, 0.1) is 11.9 Å². The fraction of sp³-hybridized carbons (Fsp3) is 0.158. The van der Waals surface area contributed by atoms with E-state index < -0.39 is 11.7 Å². The van der Waals surface area contributed by atoms with Crippen LogP contribution in [0.3, 0.4) is 0 Å². The number of rotatable bonds is 7. The summed E-state index contributed by atoms with van der Waals surface area (Å²) >= 11 is 0.944. The first-order valence-corrected chi connectivity index (χ1v) is 9.32. The predicted molar refractivity (Wildman–Crippen MR) is 102 cm³/mol. The molecule has 3 amide bonds. The van der Waals surface area contributed by atoms with Gasteiger partial charge in [0.15, 0.2) is 11.6 Å². The molecule has 144 valence electrons. The number of ether oxygens (including phenoxy) is 1. The van der Waals surface area contributed by atoms with Gasteiger partial charge in [0.1, 0.15) is 5.75 Å². The Labute approximate surface area is 164 Å². The van der Waals surface area contributed by atoms with E-state index in [1.165, 1.54) is 30.5 Å². The highest BCUT2D eigenvalue weighted by Gasteiger charge is 2.29. The Bertz CT molecular complexity index is 905. The van der Waals surface area contributed by atoms with Gasteiger partial charge in [-0.2, -0.15) is 0 Å². The van der Waals surface area contributed by atoms with Crippen LogP contribution in [0, 0.1) is 5.82 Å². The number of halogens is 1. The van der Waals surface area contributed by atoms with E-state index in [4.69, 9.17) is 4.74 Å². The maximum atomic E-state index is 14.2. The molecular formula is C19H16FN3O4S. The van der Waals surface area contributed by atoms with Crippen LogP contribution in [-0.4, -0.2) is 45.8 Å². The number of hydrogen-bond acceptors (Lipinski definition) is 6. The minimum absolute atomic E-state index is 0.0485. The van der Waals surface area contributed by atoms with Crippen LogP contribution in [0.4, 0.5) is 9.18 Å². The van der Waals surface area contributed by atoms with Crippen LogP contribution in [0.1, 0.15) is 5.56 Å². The highest BCUT2D eigenvalue weighted by atomic mass is 32.2. The van der Waals surface area contributed by atoms with Crippen LogP contribution < -0.4 is 10.1 Å². The summed E-state index contributed by atoms with van der Waals surface area (Å²) in [6.45, 7) is 0.271. The number of pyridine rings is 1. The molecule has 1 aliphatic rings. The quantitative estimate of drug-likeness (QED) is 0.718. The summed E-state index contributed by atoms with van der Waals surface area (Å²) in [5.74, 6) is -0.648. The molecule has 0 atom stereocenters. The number of benzene rings is 1. The second kappa shape index (κ2) is 9.14. The van der Waals surface area contributed by atoms with Crippen molar-refractivity contribution in [1.29, 1.82) is 0 Å². The fourth-order valence-electron chi connectivity index (χ4n) is 2.36. The van der Waals surface area contributed by atoms with Gasteiger partial charge >= 0.3 is 0 Å². The van der Waals surface area contributed by atoms with E-state index in [9.17, 15) is 18.8 Å². The highest BCUT2D eigenvalue weighted by Crippen LogP contribution is 2.24. The summed E-state index contributed by atoms with van der Waals surface area (Å²) in [6.07, 6.45) is 5.76. The molecule has 0 radical (unpaired) electrons. The van der Waals surface area contributed by atoms with Crippen molar-refractivity contribution in [2.75, 3.05) is 18.8 Å².